The summed E-state index contributed by atoms with van der Waals surface area (Å²) in [7, 11) is -3.36. The first kappa shape index (κ1) is 12.6. The number of halogens is 1. The van der Waals surface area contributed by atoms with Gasteiger partial charge in [0.05, 0.1) is 9.98 Å². The van der Waals surface area contributed by atoms with Gasteiger partial charge in [-0.25, -0.2) is 13.4 Å². The molecule has 1 N–H and O–H groups in total. The molecule has 0 aromatic carbocycles. The van der Waals surface area contributed by atoms with Crippen molar-refractivity contribution in [2.24, 2.45) is 0 Å². The Hall–Kier alpha value is -0.470. The molecule has 0 aliphatic rings. The molecular formula is C7H9BrN2O3S2. The molecule has 1 rings (SSSR count). The smallest absolute Gasteiger partial charge is 0.244 e. The number of nitrogens with zero attached hydrogens (tertiary/aromatic N) is 1. The van der Waals surface area contributed by atoms with Gasteiger partial charge in [-0.1, -0.05) is 11.3 Å². The van der Waals surface area contributed by atoms with Gasteiger partial charge in [0.25, 0.3) is 0 Å². The minimum atomic E-state index is -3.36. The highest BCUT2D eigenvalue weighted by molar-refractivity contribution is 9.11. The Morgan fingerprint density at radius 3 is 2.67 bits per heavy atom. The third-order valence-corrected chi connectivity index (χ3v) is 4.61. The van der Waals surface area contributed by atoms with Crippen LogP contribution >= 0.6 is 27.3 Å². The molecule has 0 fully saturated rings. The lowest BCUT2D eigenvalue weighted by molar-refractivity contribution is -0.115. The molecule has 1 aromatic heterocycles. The number of carbonyl (C=O) groups is 1. The molecule has 0 radical (unpaired) electrons. The molecule has 0 aliphatic heterocycles. The van der Waals surface area contributed by atoms with Gasteiger partial charge in [-0.3, -0.25) is 4.79 Å². The van der Waals surface area contributed by atoms with Gasteiger partial charge in [-0.05, 0) is 22.9 Å². The molecule has 0 aliphatic carbocycles. The quantitative estimate of drug-likeness (QED) is 0.912. The van der Waals surface area contributed by atoms with Crippen molar-refractivity contribution in [1.29, 1.82) is 0 Å². The van der Waals surface area contributed by atoms with Crippen LogP contribution in [0.3, 0.4) is 0 Å². The molecule has 1 amide bonds. The summed E-state index contributed by atoms with van der Waals surface area (Å²) in [5.41, 5.74) is 0. The second-order valence-corrected chi connectivity index (χ2v) is 7.71. The van der Waals surface area contributed by atoms with Gasteiger partial charge in [0.1, 0.15) is 5.25 Å². The van der Waals surface area contributed by atoms with E-state index in [0.29, 0.717) is 5.13 Å². The zero-order chi connectivity index (χ0) is 11.6. The predicted octanol–water partition coefficient (Wildman–Crippen LogP) is 1.28. The summed E-state index contributed by atoms with van der Waals surface area (Å²) in [6.45, 7) is 1.34. The van der Waals surface area contributed by atoms with E-state index in [-0.39, 0.29) is 0 Å². The molecule has 0 bridgehead atoms. The van der Waals surface area contributed by atoms with Crippen LogP contribution in [-0.4, -0.2) is 30.8 Å². The lowest BCUT2D eigenvalue weighted by Gasteiger charge is -2.07. The van der Waals surface area contributed by atoms with Gasteiger partial charge in [0.2, 0.25) is 5.91 Å². The van der Waals surface area contributed by atoms with Crippen molar-refractivity contribution < 1.29 is 13.2 Å². The number of anilines is 1. The summed E-state index contributed by atoms with van der Waals surface area (Å²) in [5, 5.41) is 1.74. The standard InChI is InChI=1S/C7H9BrN2O3S2/c1-4(15(2,12)13)6(11)10-7-9-3-5(8)14-7/h3-4H,1-2H3,(H,9,10,11). The van der Waals surface area contributed by atoms with Crippen LogP contribution in [0.25, 0.3) is 0 Å². The van der Waals surface area contributed by atoms with Crippen LogP contribution in [0.1, 0.15) is 6.92 Å². The maximum absolute atomic E-state index is 11.4. The fourth-order valence-electron chi connectivity index (χ4n) is 0.714. The van der Waals surface area contributed by atoms with Crippen molar-refractivity contribution >= 4 is 48.1 Å². The molecule has 8 heteroatoms. The maximum Gasteiger partial charge on any atom is 0.244 e. The third-order valence-electron chi connectivity index (χ3n) is 1.72. The number of rotatable bonds is 3. The summed E-state index contributed by atoms with van der Waals surface area (Å²) in [6, 6.07) is 0. The molecule has 0 saturated heterocycles. The van der Waals surface area contributed by atoms with E-state index < -0.39 is 21.0 Å². The van der Waals surface area contributed by atoms with Crippen molar-refractivity contribution in [2.75, 3.05) is 11.6 Å². The van der Waals surface area contributed by atoms with Crippen molar-refractivity contribution in [2.45, 2.75) is 12.2 Å². The normalized spacial score (nSPS) is 13.5. The van der Waals surface area contributed by atoms with Gasteiger partial charge in [-0.2, -0.15) is 0 Å². The summed E-state index contributed by atoms with van der Waals surface area (Å²) in [6.07, 6.45) is 2.56. The Morgan fingerprint density at radius 2 is 2.27 bits per heavy atom. The van der Waals surface area contributed by atoms with Crippen LogP contribution in [0.5, 0.6) is 0 Å². The van der Waals surface area contributed by atoms with E-state index in [0.717, 1.165) is 10.0 Å². The summed E-state index contributed by atoms with van der Waals surface area (Å²) in [5.74, 6) is -0.570. The van der Waals surface area contributed by atoms with Crippen molar-refractivity contribution in [1.82, 2.24) is 4.98 Å². The number of nitrogens with one attached hydrogen (secondary N) is 1. The number of hydrogen-bond donors (Lipinski definition) is 1. The van der Waals surface area contributed by atoms with Gasteiger partial charge >= 0.3 is 0 Å². The number of thiazole rings is 1. The highest BCUT2D eigenvalue weighted by Crippen LogP contribution is 2.23. The fourth-order valence-corrected chi connectivity index (χ4v) is 2.27. The summed E-state index contributed by atoms with van der Waals surface area (Å²) >= 11 is 4.41. The van der Waals surface area contributed by atoms with Crippen LogP contribution in [0, 0.1) is 0 Å². The number of sulfone groups is 1. The summed E-state index contributed by atoms with van der Waals surface area (Å²) in [4.78, 5) is 15.3. The minimum absolute atomic E-state index is 0.377. The number of carbonyl (C=O) groups excluding carboxylic acids is 1. The Labute approximate surface area is 100.0 Å². The number of amides is 1. The molecule has 1 atom stereocenters. The molecule has 0 spiro atoms. The van der Waals surface area contributed by atoms with Crippen LogP contribution in [-0.2, 0) is 14.6 Å². The lowest BCUT2D eigenvalue weighted by atomic mass is 10.4. The predicted molar refractivity (Wildman–Crippen MR) is 62.7 cm³/mol. The Morgan fingerprint density at radius 1 is 1.67 bits per heavy atom. The van der Waals surface area contributed by atoms with E-state index in [2.05, 4.69) is 26.2 Å². The molecule has 1 aromatic rings. The van der Waals surface area contributed by atoms with Crippen molar-refractivity contribution in [3.63, 3.8) is 0 Å². The van der Waals surface area contributed by atoms with E-state index in [1.54, 1.807) is 0 Å². The first-order valence-corrected chi connectivity index (χ1v) is 7.48. The first-order chi connectivity index (χ1) is 6.80. The van der Waals surface area contributed by atoms with Crippen LogP contribution in [0.2, 0.25) is 0 Å². The Bertz CT molecular complexity index is 468. The molecule has 5 nitrogen and oxygen atoms in total. The van der Waals surface area contributed by atoms with Gasteiger partial charge in [0.15, 0.2) is 15.0 Å². The third kappa shape index (κ3) is 3.54. The largest absolute Gasteiger partial charge is 0.301 e. The average molecular weight is 313 g/mol. The molecule has 1 unspecified atom stereocenters. The molecular weight excluding hydrogens is 304 g/mol. The Kier molecular flexibility index (Phi) is 3.85. The van der Waals surface area contributed by atoms with Gasteiger partial charge in [-0.15, -0.1) is 0 Å². The van der Waals surface area contributed by atoms with Crippen LogP contribution in [0.4, 0.5) is 5.13 Å². The van der Waals surface area contributed by atoms with E-state index in [1.807, 2.05) is 0 Å². The van der Waals surface area contributed by atoms with E-state index in [9.17, 15) is 13.2 Å². The lowest BCUT2D eigenvalue weighted by Crippen LogP contribution is -2.31. The monoisotopic (exact) mass is 312 g/mol. The van der Waals surface area contributed by atoms with E-state index in [1.165, 1.54) is 24.5 Å². The van der Waals surface area contributed by atoms with Gasteiger partial charge in [0, 0.05) is 6.26 Å². The second-order valence-electron chi connectivity index (χ2n) is 2.93. The molecule has 15 heavy (non-hydrogen) atoms. The molecule has 0 saturated carbocycles. The Balaban J connectivity index is 2.72. The van der Waals surface area contributed by atoms with Crippen LogP contribution in [0.15, 0.2) is 9.98 Å². The first-order valence-electron chi connectivity index (χ1n) is 3.92. The highest BCUT2D eigenvalue weighted by atomic mass is 79.9. The maximum atomic E-state index is 11.4. The van der Waals surface area contributed by atoms with E-state index in [4.69, 9.17) is 0 Å². The minimum Gasteiger partial charge on any atom is -0.301 e. The highest BCUT2D eigenvalue weighted by Gasteiger charge is 2.24. The SMILES string of the molecule is CC(C(=O)Nc1ncc(Br)s1)S(C)(=O)=O. The topological polar surface area (TPSA) is 76.1 Å². The fraction of sp³-hybridized carbons (Fsp3) is 0.429. The van der Waals surface area contributed by atoms with Crippen molar-refractivity contribution in [3.05, 3.63) is 9.98 Å². The second kappa shape index (κ2) is 4.58. The zero-order valence-electron chi connectivity index (χ0n) is 8.02. The number of hydrogen-bond acceptors (Lipinski definition) is 5. The molecule has 84 valence electrons. The van der Waals surface area contributed by atoms with Gasteiger partial charge < -0.3 is 5.32 Å². The van der Waals surface area contributed by atoms with E-state index >= 15 is 0 Å². The average Bonchev–Trinajstić information content (AvgIpc) is 2.48. The van der Waals surface area contributed by atoms with Crippen LogP contribution < -0.4 is 5.32 Å². The zero-order valence-corrected chi connectivity index (χ0v) is 11.2. The summed E-state index contributed by atoms with van der Waals surface area (Å²) < 4.78 is 22.9. The van der Waals surface area contributed by atoms with Crippen molar-refractivity contribution in [3.8, 4) is 0 Å². The molecule has 1 heterocycles. The number of aromatic nitrogens is 1.